The van der Waals surface area contributed by atoms with Gasteiger partial charge in [-0.15, -0.1) is 11.3 Å². The van der Waals surface area contributed by atoms with Gasteiger partial charge in [0.2, 0.25) is 5.91 Å². The summed E-state index contributed by atoms with van der Waals surface area (Å²) < 4.78 is 6.40. The number of ether oxygens (including phenoxy) is 1. The number of carbonyl (C=O) groups is 1. The van der Waals surface area contributed by atoms with Crippen LogP contribution in [0.4, 0.5) is 10.8 Å². The molecule has 0 radical (unpaired) electrons. The highest BCUT2D eigenvalue weighted by Gasteiger charge is 2.27. The normalized spacial score (nSPS) is 19.5. The zero-order valence-electron chi connectivity index (χ0n) is 14.6. The Kier molecular flexibility index (Phi) is 4.37. The second kappa shape index (κ2) is 6.67. The van der Waals surface area contributed by atoms with Crippen LogP contribution in [0, 0.1) is 0 Å². The van der Waals surface area contributed by atoms with Gasteiger partial charge in [-0.05, 0) is 51.2 Å². The van der Waals surface area contributed by atoms with Gasteiger partial charge >= 0.3 is 0 Å². The highest BCUT2D eigenvalue weighted by molar-refractivity contribution is 7.14. The molecule has 4 rings (SSSR count). The summed E-state index contributed by atoms with van der Waals surface area (Å²) in [5.74, 6) is 0.872. The largest absolute Gasteiger partial charge is 0.489 e. The first-order valence-corrected chi connectivity index (χ1v) is 9.80. The lowest BCUT2D eigenvalue weighted by atomic mass is 9.93. The van der Waals surface area contributed by atoms with Gasteiger partial charge in [0, 0.05) is 35.2 Å². The number of amides is 1. The maximum absolute atomic E-state index is 11.3. The maximum atomic E-state index is 11.3. The lowest BCUT2D eigenvalue weighted by Gasteiger charge is -2.32. The summed E-state index contributed by atoms with van der Waals surface area (Å²) in [5.41, 5.74) is 4.32. The topological polar surface area (TPSA) is 63.2 Å². The zero-order chi connectivity index (χ0) is 17.4. The maximum Gasteiger partial charge on any atom is 0.223 e. The molecular formula is C19H23N3O2S. The number of rotatable bonds is 4. The molecule has 5 nitrogen and oxygen atoms in total. The fourth-order valence-electron chi connectivity index (χ4n) is 3.31. The van der Waals surface area contributed by atoms with Crippen molar-refractivity contribution in [3.05, 3.63) is 23.1 Å². The Hall–Kier alpha value is -2.08. The van der Waals surface area contributed by atoms with Crippen molar-refractivity contribution < 1.29 is 9.53 Å². The van der Waals surface area contributed by atoms with Crippen LogP contribution in [0.3, 0.4) is 0 Å². The van der Waals surface area contributed by atoms with Gasteiger partial charge in [-0.2, -0.15) is 0 Å². The fraction of sp³-hybridized carbons (Fsp3) is 0.474. The molecule has 2 heterocycles. The van der Waals surface area contributed by atoms with Crippen molar-refractivity contribution in [2.24, 2.45) is 0 Å². The van der Waals surface area contributed by atoms with E-state index in [4.69, 9.17) is 4.74 Å². The van der Waals surface area contributed by atoms with Gasteiger partial charge < -0.3 is 15.4 Å². The first-order chi connectivity index (χ1) is 12.1. The summed E-state index contributed by atoms with van der Waals surface area (Å²) in [5, 5.41) is 8.94. The van der Waals surface area contributed by atoms with E-state index in [0.717, 1.165) is 42.7 Å². The van der Waals surface area contributed by atoms with Gasteiger partial charge in [-0.25, -0.2) is 4.98 Å². The lowest BCUT2D eigenvalue weighted by molar-refractivity contribution is -0.114. The van der Waals surface area contributed by atoms with Crippen LogP contribution in [-0.2, 0) is 11.2 Å². The van der Waals surface area contributed by atoms with Crippen LogP contribution in [0.1, 0.15) is 45.1 Å². The molecule has 1 aliphatic carbocycles. The van der Waals surface area contributed by atoms with Gasteiger partial charge in [-0.3, -0.25) is 4.79 Å². The number of aromatic nitrogens is 1. The molecule has 0 spiro atoms. The average Bonchev–Trinajstić information content (AvgIpc) is 2.97. The van der Waals surface area contributed by atoms with Crippen LogP contribution < -0.4 is 15.4 Å². The molecule has 1 fully saturated rings. The van der Waals surface area contributed by atoms with Crippen molar-refractivity contribution in [2.45, 2.75) is 58.1 Å². The standard InChI is InChI=1S/C19H23N3O2S/c1-11-6-7-14-16(20-11)9-8-15(18(14)24-13-4-3-5-13)17-10-25-19(22-17)21-12(2)23/h8-11,13,20H,3-7H2,1-2H3,(H,21,22,23)/t11-/m0/s1. The molecule has 1 aromatic carbocycles. The number of anilines is 2. The molecular weight excluding hydrogens is 334 g/mol. The quantitative estimate of drug-likeness (QED) is 0.849. The molecule has 2 aliphatic rings. The number of hydrogen-bond acceptors (Lipinski definition) is 5. The summed E-state index contributed by atoms with van der Waals surface area (Å²) in [6, 6.07) is 4.70. The number of nitrogens with zero attached hydrogens (tertiary/aromatic N) is 1. The number of hydrogen-bond donors (Lipinski definition) is 2. The predicted octanol–water partition coefficient (Wildman–Crippen LogP) is 4.45. The minimum Gasteiger partial charge on any atom is -0.489 e. The predicted molar refractivity (Wildman–Crippen MR) is 102 cm³/mol. The van der Waals surface area contributed by atoms with Crippen LogP contribution in [0.25, 0.3) is 11.3 Å². The van der Waals surface area contributed by atoms with E-state index in [1.807, 2.05) is 5.38 Å². The van der Waals surface area contributed by atoms with Crippen LogP contribution in [0.5, 0.6) is 5.75 Å². The Morgan fingerprint density at radius 3 is 2.92 bits per heavy atom. The minimum atomic E-state index is -0.101. The fourth-order valence-corrected chi connectivity index (χ4v) is 4.06. The number of thiazole rings is 1. The number of nitrogens with one attached hydrogen (secondary N) is 2. The molecule has 2 N–H and O–H groups in total. The van der Waals surface area contributed by atoms with E-state index in [-0.39, 0.29) is 5.91 Å². The molecule has 1 aromatic heterocycles. The molecule has 1 amide bonds. The van der Waals surface area contributed by atoms with Crippen LogP contribution >= 0.6 is 11.3 Å². The molecule has 0 bridgehead atoms. The average molecular weight is 357 g/mol. The third-order valence-electron chi connectivity index (χ3n) is 4.89. The first kappa shape index (κ1) is 16.4. The van der Waals surface area contributed by atoms with Crippen LogP contribution in [0.2, 0.25) is 0 Å². The van der Waals surface area contributed by atoms with Gasteiger partial charge in [0.05, 0.1) is 11.8 Å². The van der Waals surface area contributed by atoms with Crippen LogP contribution in [-0.4, -0.2) is 23.0 Å². The number of fused-ring (bicyclic) bond motifs is 1. The summed E-state index contributed by atoms with van der Waals surface area (Å²) >= 11 is 1.44. The minimum absolute atomic E-state index is 0.101. The van der Waals surface area contributed by atoms with Crippen molar-refractivity contribution >= 4 is 28.1 Å². The van der Waals surface area contributed by atoms with Gasteiger partial charge in [0.15, 0.2) is 5.13 Å². The molecule has 0 unspecified atom stereocenters. The van der Waals surface area contributed by atoms with E-state index in [9.17, 15) is 4.79 Å². The second-order valence-electron chi connectivity index (χ2n) is 6.94. The molecule has 25 heavy (non-hydrogen) atoms. The molecule has 1 atom stereocenters. The zero-order valence-corrected chi connectivity index (χ0v) is 15.4. The smallest absolute Gasteiger partial charge is 0.223 e. The van der Waals surface area contributed by atoms with Crippen molar-refractivity contribution in [3.63, 3.8) is 0 Å². The van der Waals surface area contributed by atoms with Crippen molar-refractivity contribution in [3.8, 4) is 17.0 Å². The van der Waals surface area contributed by atoms with E-state index in [0.29, 0.717) is 17.3 Å². The molecule has 0 saturated heterocycles. The monoisotopic (exact) mass is 357 g/mol. The van der Waals surface area contributed by atoms with E-state index in [2.05, 4.69) is 34.7 Å². The highest BCUT2D eigenvalue weighted by atomic mass is 32.1. The van der Waals surface area contributed by atoms with Crippen molar-refractivity contribution in [1.29, 1.82) is 0 Å². The number of benzene rings is 1. The molecule has 1 aliphatic heterocycles. The summed E-state index contributed by atoms with van der Waals surface area (Å²) in [4.78, 5) is 15.8. The first-order valence-electron chi connectivity index (χ1n) is 8.92. The third-order valence-corrected chi connectivity index (χ3v) is 5.65. The lowest BCUT2D eigenvalue weighted by Crippen LogP contribution is -2.27. The van der Waals surface area contributed by atoms with Gasteiger partial charge in [0.25, 0.3) is 0 Å². The molecule has 2 aromatic rings. The van der Waals surface area contributed by atoms with E-state index >= 15 is 0 Å². The molecule has 1 saturated carbocycles. The summed E-state index contributed by atoms with van der Waals surface area (Å²) in [6.45, 7) is 3.71. The Bertz CT molecular complexity index is 798. The summed E-state index contributed by atoms with van der Waals surface area (Å²) in [7, 11) is 0. The van der Waals surface area contributed by atoms with Crippen molar-refractivity contribution in [2.75, 3.05) is 10.6 Å². The molecule has 132 valence electrons. The van der Waals surface area contributed by atoms with Crippen molar-refractivity contribution in [1.82, 2.24) is 4.98 Å². The SMILES string of the molecule is CC(=O)Nc1nc(-c2ccc3c(c2OC2CCC2)CC[C@H](C)N3)cs1. The Morgan fingerprint density at radius 1 is 1.36 bits per heavy atom. The molecule has 6 heteroatoms. The number of carbonyl (C=O) groups excluding carboxylic acids is 1. The van der Waals surface area contributed by atoms with Gasteiger partial charge in [0.1, 0.15) is 5.75 Å². The van der Waals surface area contributed by atoms with Crippen LogP contribution in [0.15, 0.2) is 17.5 Å². The second-order valence-corrected chi connectivity index (χ2v) is 7.80. The van der Waals surface area contributed by atoms with E-state index < -0.39 is 0 Å². The van der Waals surface area contributed by atoms with Gasteiger partial charge in [-0.1, -0.05) is 0 Å². The third kappa shape index (κ3) is 3.35. The highest BCUT2D eigenvalue weighted by Crippen LogP contribution is 2.43. The van der Waals surface area contributed by atoms with E-state index in [1.165, 1.54) is 35.9 Å². The Balaban J connectivity index is 1.73. The Morgan fingerprint density at radius 2 is 2.20 bits per heavy atom. The van der Waals surface area contributed by atoms with E-state index in [1.54, 1.807) is 0 Å². The Labute approximate surface area is 151 Å². The summed E-state index contributed by atoms with van der Waals surface area (Å²) in [6.07, 6.45) is 5.93.